The summed E-state index contributed by atoms with van der Waals surface area (Å²) in [6.07, 6.45) is 4.38. The van der Waals surface area contributed by atoms with Gasteiger partial charge in [-0.05, 0) is 66.7 Å². The van der Waals surface area contributed by atoms with Gasteiger partial charge in [0.2, 0.25) is 0 Å². The second-order valence-electron chi connectivity index (χ2n) is 17.3. The van der Waals surface area contributed by atoms with Crippen molar-refractivity contribution < 1.29 is 0 Å². The van der Waals surface area contributed by atoms with Crippen LogP contribution in [-0.4, -0.2) is 33.2 Å². The fraction of sp³-hybridized carbons (Fsp3) is 0. The van der Waals surface area contributed by atoms with Crippen LogP contribution in [0.2, 0.25) is 0 Å². The first-order valence-electron chi connectivity index (χ1n) is 22.9. The summed E-state index contributed by atoms with van der Waals surface area (Å²) in [6, 6.07) is 79.6. The lowest BCUT2D eigenvalue weighted by molar-refractivity contribution is 1.07. The van der Waals surface area contributed by atoms with Gasteiger partial charge in [0.15, 0.2) is 17.5 Å². The number of rotatable bonds is 7. The van der Waals surface area contributed by atoms with E-state index in [1.807, 2.05) is 36.4 Å². The van der Waals surface area contributed by atoms with Gasteiger partial charge in [-0.15, -0.1) is 0 Å². The van der Waals surface area contributed by atoms with Crippen LogP contribution in [0.25, 0.3) is 122 Å². The van der Waals surface area contributed by atoms with Crippen molar-refractivity contribution in [2.75, 3.05) is 0 Å². The smallest absolute Gasteiger partial charge is 0.164 e. The maximum Gasteiger partial charge on any atom is 0.164 e. The molecule has 0 fully saturated rings. The molecule has 0 atom stereocenters. The molecule has 7 nitrogen and oxygen atoms in total. The van der Waals surface area contributed by atoms with E-state index in [1.54, 1.807) is 0 Å². The quantitative estimate of drug-likeness (QED) is 0.160. The Morgan fingerprint density at radius 3 is 1.09 bits per heavy atom. The third-order valence-electron chi connectivity index (χ3n) is 13.4. The van der Waals surface area contributed by atoms with Gasteiger partial charge in [0.1, 0.15) is 0 Å². The molecule has 0 bridgehead atoms. The van der Waals surface area contributed by atoms with E-state index < -0.39 is 0 Å². The summed E-state index contributed by atoms with van der Waals surface area (Å²) in [5.41, 5.74) is 13.6. The molecule has 0 aliphatic carbocycles. The van der Waals surface area contributed by atoms with Gasteiger partial charge in [-0.1, -0.05) is 158 Å². The Bertz CT molecular complexity index is 3970. The summed E-state index contributed by atoms with van der Waals surface area (Å²) in [5, 5.41) is 7.02. The van der Waals surface area contributed by atoms with Crippen LogP contribution in [0.1, 0.15) is 0 Å². The first kappa shape index (κ1) is 38.0. The minimum Gasteiger partial charge on any atom is -0.315 e. The van der Waals surface area contributed by atoms with E-state index in [2.05, 4.69) is 219 Å². The number of nitrogens with zero attached hydrogens (tertiary/aromatic N) is 7. The zero-order valence-corrected chi connectivity index (χ0v) is 36.6. The third-order valence-corrected chi connectivity index (χ3v) is 13.4. The molecule has 5 aromatic heterocycles. The van der Waals surface area contributed by atoms with E-state index in [1.165, 1.54) is 21.5 Å². The molecule has 14 rings (SSSR count). The van der Waals surface area contributed by atoms with Gasteiger partial charge < -0.3 is 18.3 Å². The van der Waals surface area contributed by atoms with Crippen molar-refractivity contribution in [1.29, 1.82) is 0 Å². The lowest BCUT2D eigenvalue weighted by Crippen LogP contribution is -2.04. The van der Waals surface area contributed by atoms with Crippen LogP contribution in [0.4, 0.5) is 0 Å². The standard InChI is InChI=1S/C61H39N7/c1-5-17-42(18-6-1)59-62-60(43-19-7-2-8-20-43)64-61(63-59)44-37-47(67-53-27-15-13-25-49(53)51-31-29-40-33-35-65(55(40)57(51)67)45-21-9-3-10-22-45)39-48(38-44)68-54-28-16-14-26-50(54)52-32-30-41-34-36-66(56(41)58(52)68)46-23-11-4-12-24-46/h1-39H. The fourth-order valence-corrected chi connectivity index (χ4v) is 10.4. The van der Waals surface area contributed by atoms with Gasteiger partial charge in [0.25, 0.3) is 0 Å². The highest BCUT2D eigenvalue weighted by atomic mass is 15.1. The second-order valence-corrected chi connectivity index (χ2v) is 17.3. The molecule has 0 unspecified atom stereocenters. The number of aromatic nitrogens is 7. The molecule has 0 saturated carbocycles. The molecule has 5 heterocycles. The van der Waals surface area contributed by atoms with E-state index in [0.717, 1.165) is 83.3 Å². The molecule has 0 saturated heterocycles. The Hall–Kier alpha value is -9.33. The molecule has 0 N–H and O–H groups in total. The SMILES string of the molecule is c1ccc(-c2nc(-c3ccccc3)nc(-c3cc(-n4c5ccccc5c5ccc6ccn(-c7ccccc7)c6c54)cc(-n4c5ccccc5c5ccc6ccn(-c7ccccc7)c6c54)c3)n2)cc1. The zero-order valence-electron chi connectivity index (χ0n) is 36.6. The summed E-state index contributed by atoms with van der Waals surface area (Å²) < 4.78 is 9.55. The number of hydrogen-bond donors (Lipinski definition) is 0. The first-order chi connectivity index (χ1) is 33.7. The van der Waals surface area contributed by atoms with Crippen LogP contribution in [0.3, 0.4) is 0 Å². The van der Waals surface area contributed by atoms with Crippen molar-refractivity contribution in [2.24, 2.45) is 0 Å². The van der Waals surface area contributed by atoms with Crippen LogP contribution < -0.4 is 0 Å². The van der Waals surface area contributed by atoms with Crippen molar-refractivity contribution in [3.63, 3.8) is 0 Å². The molecular weight excluding hydrogens is 831 g/mol. The van der Waals surface area contributed by atoms with Gasteiger partial charge in [-0.25, -0.2) is 15.0 Å². The number of hydrogen-bond acceptors (Lipinski definition) is 3. The van der Waals surface area contributed by atoms with Crippen molar-refractivity contribution in [3.05, 3.63) is 237 Å². The largest absolute Gasteiger partial charge is 0.315 e. The molecule has 0 amide bonds. The molecule has 0 radical (unpaired) electrons. The number of fused-ring (bicyclic) bond motifs is 10. The van der Waals surface area contributed by atoms with Crippen molar-refractivity contribution in [3.8, 4) is 56.9 Å². The maximum absolute atomic E-state index is 5.34. The fourth-order valence-electron chi connectivity index (χ4n) is 10.4. The predicted molar refractivity (Wildman–Crippen MR) is 278 cm³/mol. The highest BCUT2D eigenvalue weighted by Crippen LogP contribution is 2.42. The Kier molecular flexibility index (Phi) is 8.45. The first-order valence-corrected chi connectivity index (χ1v) is 22.9. The van der Waals surface area contributed by atoms with E-state index in [-0.39, 0.29) is 0 Å². The van der Waals surface area contributed by atoms with E-state index >= 15 is 0 Å². The molecule has 0 spiro atoms. The molecule has 318 valence electrons. The summed E-state index contributed by atoms with van der Waals surface area (Å²) in [5.74, 6) is 1.80. The summed E-state index contributed by atoms with van der Waals surface area (Å²) in [4.78, 5) is 15.8. The summed E-state index contributed by atoms with van der Waals surface area (Å²) in [6.45, 7) is 0. The second kappa shape index (κ2) is 15.1. The van der Waals surface area contributed by atoms with Crippen molar-refractivity contribution in [1.82, 2.24) is 33.2 Å². The Morgan fingerprint density at radius 2 is 0.647 bits per heavy atom. The van der Waals surface area contributed by atoms with Crippen molar-refractivity contribution >= 4 is 65.4 Å². The lowest BCUT2D eigenvalue weighted by Gasteiger charge is -2.17. The van der Waals surface area contributed by atoms with Gasteiger partial charge >= 0.3 is 0 Å². The Labute approximate surface area is 390 Å². The highest BCUT2D eigenvalue weighted by Gasteiger charge is 2.23. The molecule has 68 heavy (non-hydrogen) atoms. The number of para-hydroxylation sites is 4. The van der Waals surface area contributed by atoms with Gasteiger partial charge in [0.05, 0.1) is 33.1 Å². The lowest BCUT2D eigenvalue weighted by atomic mass is 10.1. The zero-order chi connectivity index (χ0) is 44.7. The summed E-state index contributed by atoms with van der Waals surface area (Å²) in [7, 11) is 0. The topological polar surface area (TPSA) is 58.4 Å². The molecule has 0 aliphatic heterocycles. The van der Waals surface area contributed by atoms with Crippen molar-refractivity contribution in [2.45, 2.75) is 0 Å². The third kappa shape index (κ3) is 5.89. The minimum absolute atomic E-state index is 0.581. The van der Waals surface area contributed by atoms with Gasteiger partial charge in [0, 0.05) is 84.2 Å². The Morgan fingerprint density at radius 1 is 0.265 bits per heavy atom. The van der Waals surface area contributed by atoms with Gasteiger partial charge in [-0.2, -0.15) is 0 Å². The molecule has 0 aliphatic rings. The molecular formula is C61H39N7. The van der Waals surface area contributed by atoms with E-state index in [0.29, 0.717) is 17.5 Å². The minimum atomic E-state index is 0.581. The van der Waals surface area contributed by atoms with Crippen LogP contribution in [0.5, 0.6) is 0 Å². The molecule has 7 heteroatoms. The predicted octanol–water partition coefficient (Wildman–Crippen LogP) is 15.0. The van der Waals surface area contributed by atoms with Crippen LogP contribution in [0.15, 0.2) is 237 Å². The maximum atomic E-state index is 5.34. The van der Waals surface area contributed by atoms with E-state index in [9.17, 15) is 0 Å². The Balaban J connectivity index is 1.14. The molecule has 14 aromatic rings. The monoisotopic (exact) mass is 869 g/mol. The van der Waals surface area contributed by atoms with Gasteiger partial charge in [-0.3, -0.25) is 0 Å². The van der Waals surface area contributed by atoms with E-state index in [4.69, 9.17) is 15.0 Å². The normalized spacial score (nSPS) is 11.8. The average Bonchev–Trinajstić information content (AvgIpc) is 4.20. The van der Waals surface area contributed by atoms with Crippen LogP contribution >= 0.6 is 0 Å². The summed E-state index contributed by atoms with van der Waals surface area (Å²) >= 11 is 0. The molecule has 9 aromatic carbocycles. The van der Waals surface area contributed by atoms with Crippen LogP contribution in [-0.2, 0) is 0 Å². The van der Waals surface area contributed by atoms with Crippen LogP contribution in [0, 0.1) is 0 Å². The highest BCUT2D eigenvalue weighted by molar-refractivity contribution is 6.19. The number of benzene rings is 9. The average molecular weight is 870 g/mol.